The van der Waals surface area contributed by atoms with E-state index in [2.05, 4.69) is 22.7 Å². The van der Waals surface area contributed by atoms with Crippen molar-refractivity contribution in [1.29, 1.82) is 0 Å². The van der Waals surface area contributed by atoms with Crippen molar-refractivity contribution in [2.75, 3.05) is 19.6 Å². The third-order valence-corrected chi connectivity index (χ3v) is 3.22. The molecular weight excluding hydrogens is 218 g/mol. The van der Waals surface area contributed by atoms with Crippen molar-refractivity contribution >= 4 is 5.91 Å². The molecule has 5 nitrogen and oxygen atoms in total. The largest absolute Gasteiger partial charge is 0.361 e. The van der Waals surface area contributed by atoms with Crippen molar-refractivity contribution in [1.82, 2.24) is 15.8 Å². The Hall–Kier alpha value is -1.36. The molecule has 1 amide bonds. The van der Waals surface area contributed by atoms with Crippen LogP contribution >= 0.6 is 0 Å². The molecule has 0 radical (unpaired) electrons. The smallest absolute Gasteiger partial charge is 0.273 e. The van der Waals surface area contributed by atoms with Crippen LogP contribution in [0.2, 0.25) is 0 Å². The van der Waals surface area contributed by atoms with Crippen LogP contribution in [0.1, 0.15) is 36.0 Å². The van der Waals surface area contributed by atoms with Gasteiger partial charge in [0.2, 0.25) is 0 Å². The first kappa shape index (κ1) is 12.1. The van der Waals surface area contributed by atoms with Crippen LogP contribution in [-0.4, -0.2) is 30.7 Å². The Morgan fingerprint density at radius 1 is 1.71 bits per heavy atom. The lowest BCUT2D eigenvalue weighted by molar-refractivity contribution is 0.0915. The van der Waals surface area contributed by atoms with Crippen LogP contribution < -0.4 is 10.6 Å². The van der Waals surface area contributed by atoms with E-state index in [0.717, 1.165) is 25.9 Å². The second-order valence-electron chi connectivity index (χ2n) is 5.10. The van der Waals surface area contributed by atoms with Crippen LogP contribution in [0, 0.1) is 12.3 Å². The minimum atomic E-state index is -0.159. The van der Waals surface area contributed by atoms with Crippen LogP contribution in [0.4, 0.5) is 0 Å². The Kier molecular flexibility index (Phi) is 3.47. The van der Waals surface area contributed by atoms with E-state index in [9.17, 15) is 4.79 Å². The van der Waals surface area contributed by atoms with E-state index >= 15 is 0 Å². The van der Waals surface area contributed by atoms with Crippen molar-refractivity contribution < 1.29 is 9.32 Å². The molecule has 1 unspecified atom stereocenters. The summed E-state index contributed by atoms with van der Waals surface area (Å²) in [5.74, 6) is 0.495. The monoisotopic (exact) mass is 237 g/mol. The fraction of sp³-hybridized carbons (Fsp3) is 0.667. The normalized spacial score (nSPS) is 24.6. The average molecular weight is 237 g/mol. The topological polar surface area (TPSA) is 67.2 Å². The van der Waals surface area contributed by atoms with Crippen molar-refractivity contribution in [2.24, 2.45) is 5.41 Å². The van der Waals surface area contributed by atoms with Gasteiger partial charge in [-0.3, -0.25) is 4.79 Å². The number of hydrogen-bond acceptors (Lipinski definition) is 4. The number of nitrogens with zero attached hydrogens (tertiary/aromatic N) is 1. The summed E-state index contributed by atoms with van der Waals surface area (Å²) in [6.45, 7) is 6.66. The lowest BCUT2D eigenvalue weighted by atomic mass is 9.83. The standard InChI is InChI=1S/C12H19N3O2/c1-9-6-10(15-17-9)11(16)14-8-12(2)4-3-5-13-7-12/h6,13H,3-5,7-8H2,1-2H3,(H,14,16). The molecule has 1 aliphatic rings. The Morgan fingerprint density at radius 2 is 2.53 bits per heavy atom. The zero-order valence-corrected chi connectivity index (χ0v) is 10.4. The molecule has 1 aromatic rings. The van der Waals surface area contributed by atoms with E-state index in [1.807, 2.05) is 0 Å². The van der Waals surface area contributed by atoms with E-state index in [1.165, 1.54) is 0 Å². The number of hydrogen-bond donors (Lipinski definition) is 2. The van der Waals surface area contributed by atoms with E-state index in [1.54, 1.807) is 13.0 Å². The highest BCUT2D eigenvalue weighted by molar-refractivity contribution is 5.92. The average Bonchev–Trinajstić information content (AvgIpc) is 2.74. The number of aromatic nitrogens is 1. The summed E-state index contributed by atoms with van der Waals surface area (Å²) in [5, 5.41) is 9.98. The van der Waals surface area contributed by atoms with Gasteiger partial charge in [0, 0.05) is 19.2 Å². The molecule has 5 heteroatoms. The summed E-state index contributed by atoms with van der Waals surface area (Å²) in [4.78, 5) is 11.8. The van der Waals surface area contributed by atoms with Crippen LogP contribution in [0.25, 0.3) is 0 Å². The summed E-state index contributed by atoms with van der Waals surface area (Å²) in [6, 6.07) is 1.65. The summed E-state index contributed by atoms with van der Waals surface area (Å²) in [6.07, 6.45) is 2.30. The summed E-state index contributed by atoms with van der Waals surface area (Å²) < 4.78 is 4.88. The van der Waals surface area contributed by atoms with Crippen LogP contribution in [0.3, 0.4) is 0 Å². The van der Waals surface area contributed by atoms with Gasteiger partial charge in [-0.15, -0.1) is 0 Å². The molecule has 0 bridgehead atoms. The molecule has 0 aromatic carbocycles. The van der Waals surface area contributed by atoms with Crippen LogP contribution in [0.15, 0.2) is 10.6 Å². The predicted octanol–water partition coefficient (Wildman–Crippen LogP) is 1.10. The van der Waals surface area contributed by atoms with Gasteiger partial charge < -0.3 is 15.2 Å². The number of piperidine rings is 1. The van der Waals surface area contributed by atoms with E-state index in [0.29, 0.717) is 18.0 Å². The molecule has 2 rings (SSSR count). The quantitative estimate of drug-likeness (QED) is 0.826. The number of nitrogens with one attached hydrogen (secondary N) is 2. The molecule has 2 N–H and O–H groups in total. The number of carbonyl (C=O) groups is 1. The molecule has 0 aliphatic carbocycles. The number of aryl methyl sites for hydroxylation is 1. The van der Waals surface area contributed by atoms with Crippen molar-refractivity contribution in [2.45, 2.75) is 26.7 Å². The zero-order chi connectivity index (χ0) is 12.3. The Balaban J connectivity index is 1.87. The number of carbonyl (C=O) groups excluding carboxylic acids is 1. The van der Waals surface area contributed by atoms with E-state index in [4.69, 9.17) is 4.52 Å². The van der Waals surface area contributed by atoms with Crippen molar-refractivity contribution in [3.05, 3.63) is 17.5 Å². The molecule has 1 fully saturated rings. The molecule has 1 aromatic heterocycles. The third-order valence-electron chi connectivity index (χ3n) is 3.22. The molecule has 1 aliphatic heterocycles. The summed E-state index contributed by atoms with van der Waals surface area (Å²) in [5.41, 5.74) is 0.502. The first-order chi connectivity index (χ1) is 8.09. The van der Waals surface area contributed by atoms with Gasteiger partial charge in [0.1, 0.15) is 5.76 Å². The second kappa shape index (κ2) is 4.87. The molecule has 17 heavy (non-hydrogen) atoms. The fourth-order valence-electron chi connectivity index (χ4n) is 2.13. The Labute approximate surface area is 101 Å². The van der Waals surface area contributed by atoms with E-state index < -0.39 is 0 Å². The number of rotatable bonds is 3. The van der Waals surface area contributed by atoms with Gasteiger partial charge in [-0.2, -0.15) is 0 Å². The van der Waals surface area contributed by atoms with E-state index in [-0.39, 0.29) is 11.3 Å². The molecular formula is C12H19N3O2. The minimum Gasteiger partial charge on any atom is -0.361 e. The number of amides is 1. The molecule has 94 valence electrons. The van der Waals surface area contributed by atoms with Gasteiger partial charge in [-0.05, 0) is 31.7 Å². The van der Waals surface area contributed by atoms with Gasteiger partial charge in [-0.1, -0.05) is 12.1 Å². The maximum atomic E-state index is 11.8. The molecule has 0 saturated carbocycles. The van der Waals surface area contributed by atoms with Crippen LogP contribution in [0.5, 0.6) is 0 Å². The third kappa shape index (κ3) is 3.06. The highest BCUT2D eigenvalue weighted by Crippen LogP contribution is 2.24. The Bertz CT molecular complexity index is 394. The summed E-state index contributed by atoms with van der Waals surface area (Å²) in [7, 11) is 0. The van der Waals surface area contributed by atoms with Gasteiger partial charge in [0.25, 0.3) is 5.91 Å². The summed E-state index contributed by atoms with van der Waals surface area (Å²) >= 11 is 0. The minimum absolute atomic E-state index is 0.146. The molecule has 0 spiro atoms. The van der Waals surface area contributed by atoms with Crippen LogP contribution in [-0.2, 0) is 0 Å². The van der Waals surface area contributed by atoms with Gasteiger partial charge >= 0.3 is 0 Å². The first-order valence-corrected chi connectivity index (χ1v) is 6.01. The highest BCUT2D eigenvalue weighted by atomic mass is 16.5. The second-order valence-corrected chi connectivity index (χ2v) is 5.10. The maximum Gasteiger partial charge on any atom is 0.273 e. The lowest BCUT2D eigenvalue weighted by Crippen LogP contribution is -2.45. The SMILES string of the molecule is Cc1cc(C(=O)NCC2(C)CCCNC2)no1. The lowest BCUT2D eigenvalue weighted by Gasteiger charge is -2.34. The zero-order valence-electron chi connectivity index (χ0n) is 10.4. The fourth-order valence-corrected chi connectivity index (χ4v) is 2.13. The molecule has 2 heterocycles. The maximum absolute atomic E-state index is 11.8. The predicted molar refractivity (Wildman–Crippen MR) is 63.8 cm³/mol. The van der Waals surface area contributed by atoms with Crippen molar-refractivity contribution in [3.8, 4) is 0 Å². The molecule has 1 atom stereocenters. The van der Waals surface area contributed by atoms with Crippen molar-refractivity contribution in [3.63, 3.8) is 0 Å². The van der Waals surface area contributed by atoms with Gasteiger partial charge in [0.15, 0.2) is 5.69 Å². The first-order valence-electron chi connectivity index (χ1n) is 6.01. The highest BCUT2D eigenvalue weighted by Gasteiger charge is 2.27. The Morgan fingerprint density at radius 3 is 3.12 bits per heavy atom. The molecule has 1 saturated heterocycles. The van der Waals surface area contributed by atoms with Gasteiger partial charge in [0.05, 0.1) is 0 Å². The van der Waals surface area contributed by atoms with Gasteiger partial charge in [-0.25, -0.2) is 0 Å².